The van der Waals surface area contributed by atoms with Gasteiger partial charge in [0.25, 0.3) is 0 Å². The van der Waals surface area contributed by atoms with Crippen LogP contribution in [0.1, 0.15) is 48.6 Å². The minimum Gasteiger partial charge on any atom is -0.373 e. The third-order valence-electron chi connectivity index (χ3n) is 3.43. The molecular formula is C12H17N5O2. The van der Waals surface area contributed by atoms with E-state index in [4.69, 9.17) is 9.26 Å². The van der Waals surface area contributed by atoms with Crippen LogP contribution >= 0.6 is 0 Å². The molecule has 2 aromatic rings. The zero-order chi connectivity index (χ0) is 13.2. The topological polar surface area (TPSA) is 88.9 Å². The van der Waals surface area contributed by atoms with E-state index in [9.17, 15) is 0 Å². The van der Waals surface area contributed by atoms with E-state index in [-0.39, 0.29) is 12.1 Å². The molecule has 102 valence electrons. The lowest BCUT2D eigenvalue weighted by Gasteiger charge is -2.19. The molecule has 0 amide bonds. The first-order valence-corrected chi connectivity index (χ1v) is 6.42. The maximum Gasteiger partial charge on any atom is 0.244 e. The quantitative estimate of drug-likeness (QED) is 0.863. The summed E-state index contributed by atoms with van der Waals surface area (Å²) < 4.78 is 10.6. The van der Waals surface area contributed by atoms with Gasteiger partial charge in [0.1, 0.15) is 6.10 Å². The van der Waals surface area contributed by atoms with Crippen molar-refractivity contribution in [3.05, 3.63) is 29.4 Å². The minimum absolute atomic E-state index is 0.0198. The van der Waals surface area contributed by atoms with E-state index >= 15 is 0 Å². The van der Waals surface area contributed by atoms with Crippen molar-refractivity contribution in [2.45, 2.75) is 38.5 Å². The molecule has 3 rings (SSSR count). The maximum atomic E-state index is 5.34. The molecule has 0 fully saturated rings. The van der Waals surface area contributed by atoms with Gasteiger partial charge in [-0.2, -0.15) is 4.98 Å². The molecule has 2 atom stereocenters. The molecule has 1 aliphatic heterocycles. The number of hydrogen-bond donors (Lipinski definition) is 2. The Morgan fingerprint density at radius 3 is 3.26 bits per heavy atom. The highest BCUT2D eigenvalue weighted by Crippen LogP contribution is 2.24. The molecule has 3 heterocycles. The maximum absolute atomic E-state index is 5.34. The van der Waals surface area contributed by atoms with E-state index in [1.165, 1.54) is 0 Å². The average Bonchev–Trinajstić information content (AvgIpc) is 3.08. The summed E-state index contributed by atoms with van der Waals surface area (Å²) >= 11 is 0. The first-order chi connectivity index (χ1) is 9.31. The number of methoxy groups -OCH3 is 1. The highest BCUT2D eigenvalue weighted by molar-refractivity contribution is 5.17. The Balaban J connectivity index is 1.77. The van der Waals surface area contributed by atoms with Crippen LogP contribution in [0.3, 0.4) is 0 Å². The van der Waals surface area contributed by atoms with Gasteiger partial charge in [-0.05, 0) is 6.42 Å². The zero-order valence-corrected chi connectivity index (χ0v) is 11.0. The SMILES string of the molecule is CCC(OC)c1noc(C2Cc3nc[nH]c3CN2)n1. The zero-order valence-electron chi connectivity index (χ0n) is 11.0. The Labute approximate surface area is 110 Å². The van der Waals surface area contributed by atoms with Crippen molar-refractivity contribution in [3.8, 4) is 0 Å². The molecule has 2 aromatic heterocycles. The molecule has 0 saturated heterocycles. The molecule has 0 aliphatic carbocycles. The molecule has 0 spiro atoms. The van der Waals surface area contributed by atoms with Gasteiger partial charge < -0.3 is 14.2 Å². The number of nitrogens with zero attached hydrogens (tertiary/aromatic N) is 3. The molecule has 0 bridgehead atoms. The van der Waals surface area contributed by atoms with Crippen LogP contribution in [0, 0.1) is 0 Å². The molecule has 0 aromatic carbocycles. The molecule has 2 N–H and O–H groups in total. The van der Waals surface area contributed by atoms with E-state index in [2.05, 4.69) is 25.4 Å². The van der Waals surface area contributed by atoms with Gasteiger partial charge >= 0.3 is 0 Å². The Morgan fingerprint density at radius 1 is 1.58 bits per heavy atom. The predicted molar refractivity (Wildman–Crippen MR) is 66.2 cm³/mol. The van der Waals surface area contributed by atoms with E-state index < -0.39 is 0 Å². The fraction of sp³-hybridized carbons (Fsp3) is 0.583. The number of nitrogens with one attached hydrogen (secondary N) is 2. The van der Waals surface area contributed by atoms with Crippen LogP contribution in [-0.2, 0) is 17.7 Å². The standard InChI is InChI=1S/C12H17N5O2/c1-3-10(18-2)11-16-12(19-17-11)8-4-7-9(5-13-8)15-6-14-7/h6,8,10,13H,3-5H2,1-2H3,(H,14,15). The summed E-state index contributed by atoms with van der Waals surface area (Å²) in [7, 11) is 1.65. The number of fused-ring (bicyclic) bond motifs is 1. The van der Waals surface area contributed by atoms with Crippen molar-refractivity contribution < 1.29 is 9.26 Å². The number of rotatable bonds is 4. The summed E-state index contributed by atoms with van der Waals surface area (Å²) in [5, 5.41) is 7.36. The Kier molecular flexibility index (Phi) is 3.31. The van der Waals surface area contributed by atoms with Gasteiger partial charge in [0.15, 0.2) is 0 Å². The van der Waals surface area contributed by atoms with Crippen molar-refractivity contribution in [2.24, 2.45) is 0 Å². The Bertz CT molecular complexity index is 546. The third-order valence-corrected chi connectivity index (χ3v) is 3.43. The van der Waals surface area contributed by atoms with Gasteiger partial charge in [-0.1, -0.05) is 12.1 Å². The first kappa shape index (κ1) is 12.3. The van der Waals surface area contributed by atoms with Crippen LogP contribution < -0.4 is 5.32 Å². The summed E-state index contributed by atoms with van der Waals surface area (Å²) in [5.74, 6) is 1.20. The Hall–Kier alpha value is -1.73. The number of H-pyrrole nitrogens is 1. The van der Waals surface area contributed by atoms with Crippen LogP contribution in [0.15, 0.2) is 10.9 Å². The van der Waals surface area contributed by atoms with Gasteiger partial charge in [-0.3, -0.25) is 5.32 Å². The van der Waals surface area contributed by atoms with Crippen LogP contribution in [-0.4, -0.2) is 27.2 Å². The summed E-state index contributed by atoms with van der Waals surface area (Å²) in [5.41, 5.74) is 2.18. The fourth-order valence-electron chi connectivity index (χ4n) is 2.32. The van der Waals surface area contributed by atoms with Crippen LogP contribution in [0.4, 0.5) is 0 Å². The van der Waals surface area contributed by atoms with E-state index in [1.807, 2.05) is 6.92 Å². The highest BCUT2D eigenvalue weighted by Gasteiger charge is 2.27. The van der Waals surface area contributed by atoms with Crippen LogP contribution in [0.2, 0.25) is 0 Å². The summed E-state index contributed by atoms with van der Waals surface area (Å²) in [6.07, 6.45) is 3.18. The van der Waals surface area contributed by atoms with Crippen LogP contribution in [0.5, 0.6) is 0 Å². The minimum atomic E-state index is -0.109. The molecule has 7 heteroatoms. The lowest BCUT2D eigenvalue weighted by atomic mass is 10.1. The average molecular weight is 263 g/mol. The first-order valence-electron chi connectivity index (χ1n) is 6.42. The predicted octanol–water partition coefficient (Wildman–Crippen LogP) is 1.28. The normalized spacial score (nSPS) is 20.2. The van der Waals surface area contributed by atoms with Crippen molar-refractivity contribution in [2.75, 3.05) is 7.11 Å². The molecular weight excluding hydrogens is 246 g/mol. The van der Waals surface area contributed by atoms with Crippen molar-refractivity contribution in [1.29, 1.82) is 0 Å². The molecule has 7 nitrogen and oxygen atoms in total. The van der Waals surface area contributed by atoms with Gasteiger partial charge in [0.05, 0.1) is 23.8 Å². The van der Waals surface area contributed by atoms with E-state index in [0.717, 1.165) is 30.8 Å². The third kappa shape index (κ3) is 2.26. The second-order valence-electron chi connectivity index (χ2n) is 4.59. The summed E-state index contributed by atoms with van der Waals surface area (Å²) in [4.78, 5) is 11.8. The second-order valence-corrected chi connectivity index (χ2v) is 4.59. The number of hydrogen-bond acceptors (Lipinski definition) is 6. The molecule has 2 unspecified atom stereocenters. The van der Waals surface area contributed by atoms with Gasteiger partial charge in [0.2, 0.25) is 11.7 Å². The molecule has 1 aliphatic rings. The second kappa shape index (κ2) is 5.10. The summed E-state index contributed by atoms with van der Waals surface area (Å²) in [6.45, 7) is 2.76. The lowest BCUT2D eigenvalue weighted by Crippen LogP contribution is -2.28. The number of aromatic amines is 1. The van der Waals surface area contributed by atoms with Crippen LogP contribution in [0.25, 0.3) is 0 Å². The van der Waals surface area contributed by atoms with Gasteiger partial charge in [0, 0.05) is 20.1 Å². The molecule has 19 heavy (non-hydrogen) atoms. The van der Waals surface area contributed by atoms with E-state index in [1.54, 1.807) is 13.4 Å². The fourth-order valence-corrected chi connectivity index (χ4v) is 2.32. The highest BCUT2D eigenvalue weighted by atomic mass is 16.5. The number of aromatic nitrogens is 4. The number of imidazole rings is 1. The summed E-state index contributed by atoms with van der Waals surface area (Å²) in [6, 6.07) is 0.0198. The van der Waals surface area contributed by atoms with Gasteiger partial charge in [-0.25, -0.2) is 4.98 Å². The largest absolute Gasteiger partial charge is 0.373 e. The number of ether oxygens (including phenoxy) is 1. The van der Waals surface area contributed by atoms with E-state index in [0.29, 0.717) is 11.7 Å². The lowest BCUT2D eigenvalue weighted by molar-refractivity contribution is 0.0903. The van der Waals surface area contributed by atoms with Gasteiger partial charge in [-0.15, -0.1) is 0 Å². The van der Waals surface area contributed by atoms with Crippen molar-refractivity contribution in [1.82, 2.24) is 25.4 Å². The smallest absolute Gasteiger partial charge is 0.244 e. The molecule has 0 radical (unpaired) electrons. The van der Waals surface area contributed by atoms with Crippen molar-refractivity contribution >= 4 is 0 Å². The molecule has 0 saturated carbocycles. The van der Waals surface area contributed by atoms with Crippen molar-refractivity contribution in [3.63, 3.8) is 0 Å². The Morgan fingerprint density at radius 2 is 2.47 bits per heavy atom. The monoisotopic (exact) mass is 263 g/mol.